The maximum atomic E-state index is 12.8. The number of aromatic amines is 3. The van der Waals surface area contributed by atoms with Crippen molar-refractivity contribution in [1.82, 2.24) is 59.6 Å². The summed E-state index contributed by atoms with van der Waals surface area (Å²) < 4.78 is 219. The van der Waals surface area contributed by atoms with Crippen molar-refractivity contribution >= 4 is 68.3 Å². The molecule has 0 unspecified atom stereocenters. The summed E-state index contributed by atoms with van der Waals surface area (Å²) in [4.78, 5) is 81.4. The van der Waals surface area contributed by atoms with Crippen LogP contribution in [0.15, 0.2) is 55.7 Å². The van der Waals surface area contributed by atoms with E-state index in [9.17, 15) is 14.4 Å². The fourth-order valence-electron chi connectivity index (χ4n) is 7.26. The van der Waals surface area contributed by atoms with Gasteiger partial charge in [0.15, 0.2) is 0 Å². The molecule has 3 aliphatic rings. The SMILES string of the molecule is [2H]c1nc(N(C)[C@@H]2[C@H](C([2H])([2H])[2H])CC([2H])([2H])N(C(=O)C([2H])([2H])[N+]#[C-])C2([2H])[2H])c2cc[nH]c2n1.[2H]c1nc(N(C)[C@@H]2[C@H](C)CC([2H])([2H])N(C(=O)C([2H])([2H])[N+]#[C-])C2([2H])[2H])c2cc[nH]c2n1.[2H]c1nc(N([C@@H]2[C@H](C)CC([2H])([2H])N(C(=O)C([2H])([2H])[N+]#[C-])C2([2H])[2H])C([2H])([2H])[2H])c2cc[nH]c2n1. The van der Waals surface area contributed by atoms with Crippen molar-refractivity contribution in [3.05, 3.63) is 90.0 Å². The second kappa shape index (κ2) is 22.3. The van der Waals surface area contributed by atoms with Gasteiger partial charge in [0.2, 0.25) is 0 Å². The van der Waals surface area contributed by atoms with Gasteiger partial charge < -0.3 is 58.9 Å². The Morgan fingerprint density at radius 1 is 0.623 bits per heavy atom. The van der Waals surface area contributed by atoms with Crippen molar-refractivity contribution in [1.29, 1.82) is 0 Å². The Labute approximate surface area is 439 Å². The molecule has 21 heteroatoms. The van der Waals surface area contributed by atoms with Crippen molar-refractivity contribution < 1.29 is 51.4 Å². The maximum absolute atomic E-state index is 12.8. The minimum absolute atomic E-state index is 0.0153. The number of hydrogen-bond acceptors (Lipinski definition) is 12. The molecule has 0 saturated carbocycles. The summed E-state index contributed by atoms with van der Waals surface area (Å²) in [6.07, 6.45) is 1.54. The summed E-state index contributed by atoms with van der Waals surface area (Å²) in [6, 6.07) is -0.00387. The number of carbonyl (C=O) groups is 3. The van der Waals surface area contributed by atoms with Crippen LogP contribution in [0.3, 0.4) is 0 Å². The van der Waals surface area contributed by atoms with E-state index in [0.717, 1.165) is 4.90 Å². The lowest BCUT2D eigenvalue weighted by Gasteiger charge is -2.41. The van der Waals surface area contributed by atoms with Crippen molar-refractivity contribution in [2.75, 3.05) is 94.2 Å². The summed E-state index contributed by atoms with van der Waals surface area (Å²) in [5, 5.41) is 1.00. The normalized spacial score (nSPS) is 32.3. The quantitative estimate of drug-likeness (QED) is 0.169. The van der Waals surface area contributed by atoms with Gasteiger partial charge in [-0.25, -0.2) is 49.6 Å². The number of amides is 3. The molecule has 360 valence electrons. The molecule has 0 radical (unpaired) electrons. The largest absolute Gasteiger partial charge is 0.354 e. The number of nitrogens with zero attached hydrogens (tertiary/aromatic N) is 15. The van der Waals surface area contributed by atoms with Gasteiger partial charge in [0, 0.05) is 95.1 Å². The smallest absolute Gasteiger partial charge is 0.302 e. The zero-order valence-corrected chi connectivity index (χ0v) is 37.0. The van der Waals surface area contributed by atoms with Crippen LogP contribution >= 0.6 is 0 Å². The third-order valence-corrected chi connectivity index (χ3v) is 10.8. The number of rotatable bonds is 9. The van der Waals surface area contributed by atoms with Crippen LogP contribution in [0.5, 0.6) is 0 Å². The molecule has 3 saturated heterocycles. The van der Waals surface area contributed by atoms with Gasteiger partial charge >= 0.3 is 17.7 Å². The number of piperidine rings is 3. The molecular weight excluding hydrogens is 877 g/mol. The van der Waals surface area contributed by atoms with Gasteiger partial charge in [-0.05, 0) is 55.2 Å². The average molecular weight is 964 g/mol. The number of carbonyl (C=O) groups excluding carboxylic acids is 3. The molecule has 6 atom stereocenters. The van der Waals surface area contributed by atoms with Gasteiger partial charge in [0.05, 0.1) is 42.5 Å². The van der Waals surface area contributed by atoms with E-state index in [-0.39, 0.29) is 61.6 Å². The fourth-order valence-corrected chi connectivity index (χ4v) is 7.26. The van der Waals surface area contributed by atoms with E-state index in [0.29, 0.717) is 21.3 Å². The van der Waals surface area contributed by atoms with Crippen LogP contribution in [0.1, 0.15) is 77.0 Å². The maximum Gasteiger partial charge on any atom is 0.302 e. The molecule has 9 heterocycles. The summed E-state index contributed by atoms with van der Waals surface area (Å²) in [5.74, 6) is -8.53. The molecule has 69 heavy (non-hydrogen) atoms. The Hall–Kier alpha value is -7.86. The molecule has 3 aliphatic heterocycles. The highest BCUT2D eigenvalue weighted by Crippen LogP contribution is 2.31. The number of likely N-dealkylation sites (N-methyl/N-ethyl adjacent to an activating group) is 3. The highest BCUT2D eigenvalue weighted by Gasteiger charge is 2.36. The number of likely N-dealkylation sites (tertiary alicyclic amines) is 3. The molecular formula is C48H60N18O3. The minimum Gasteiger partial charge on any atom is -0.354 e. The standard InChI is InChI=1S/3C16H20N6O/c3*1-11-5-7-22(14(23)8-17-2)9-13(11)21(3)16-12-4-6-18-15(12)19-10-20-16/h3*4,6,10-11,13H,5,7-9H2,1,3H3,(H,18,19,20)/t3*11-,13+/m111/s1/i3D3,7D2,8D2,9D2,10D;1D3,7D2,8D2,9D2,10D;7D2,8D2,9D2,10D. The summed E-state index contributed by atoms with van der Waals surface area (Å²) in [6.45, 7) is -8.79. The van der Waals surface area contributed by atoms with Gasteiger partial charge in [-0.15, -0.1) is 0 Å². The van der Waals surface area contributed by atoms with E-state index in [1.807, 2.05) is 0 Å². The van der Waals surface area contributed by atoms with Crippen molar-refractivity contribution in [2.45, 2.75) is 58.1 Å². The van der Waals surface area contributed by atoms with Gasteiger partial charge in [-0.2, -0.15) is 0 Å². The highest BCUT2D eigenvalue weighted by atomic mass is 16.2. The van der Waals surface area contributed by atoms with Crippen LogP contribution in [0.25, 0.3) is 47.6 Å². The topological polar surface area (TPSA) is 208 Å². The van der Waals surface area contributed by atoms with Crippen molar-refractivity contribution in [2.24, 2.45) is 17.8 Å². The predicted molar refractivity (Wildman–Crippen MR) is 264 cm³/mol. The number of H-pyrrole nitrogens is 3. The van der Waals surface area contributed by atoms with Crippen LogP contribution < -0.4 is 14.7 Å². The second-order valence-corrected chi connectivity index (χ2v) is 15.2. The monoisotopic (exact) mass is 964 g/mol. The van der Waals surface area contributed by atoms with Crippen molar-refractivity contribution in [3.8, 4) is 0 Å². The summed E-state index contributed by atoms with van der Waals surface area (Å²) in [5.41, 5.74) is 0.718. The molecule has 3 N–H and O–H groups in total. The van der Waals surface area contributed by atoms with Crippen LogP contribution in [0, 0.1) is 37.5 Å². The van der Waals surface area contributed by atoms with Crippen molar-refractivity contribution in [3.63, 3.8) is 0 Å². The number of nitrogens with one attached hydrogen (secondary N) is 3. The molecule has 6 aromatic rings. The van der Waals surface area contributed by atoms with E-state index in [1.165, 1.54) is 50.4 Å². The number of fused-ring (bicyclic) bond motifs is 3. The lowest BCUT2D eigenvalue weighted by molar-refractivity contribution is -0.131. The molecule has 21 nitrogen and oxygen atoms in total. The summed E-state index contributed by atoms with van der Waals surface area (Å²) in [7, 11) is 2.81. The fraction of sp³-hybridized carbons (Fsp3) is 0.500. The predicted octanol–water partition coefficient (Wildman–Crippen LogP) is 4.65. The molecule has 3 fully saturated rings. The molecule has 0 spiro atoms. The van der Waals surface area contributed by atoms with E-state index >= 15 is 0 Å². The molecule has 9 rings (SSSR count). The Kier molecular flexibility index (Phi) is 8.06. The number of hydrogen-bond donors (Lipinski definition) is 3. The number of aromatic nitrogens is 9. The first kappa shape index (κ1) is 25.0. The first-order valence-corrected chi connectivity index (χ1v) is 20.5. The lowest BCUT2D eigenvalue weighted by Crippen LogP contribution is -2.53. The number of anilines is 3. The lowest BCUT2D eigenvalue weighted by atomic mass is 9.92. The molecule has 3 amide bonds. The Morgan fingerprint density at radius 3 is 1.30 bits per heavy atom. The zero-order chi connectivity index (χ0) is 72.9. The first-order chi connectivity index (χ1) is 43.6. The van der Waals surface area contributed by atoms with E-state index in [2.05, 4.69) is 59.4 Å². The third kappa shape index (κ3) is 11.0. The first-order valence-electron chi connectivity index (χ1n) is 34.0. The molecule has 0 aliphatic carbocycles. The second-order valence-electron chi connectivity index (χ2n) is 15.2. The minimum atomic E-state index is -3.27. The van der Waals surface area contributed by atoms with Gasteiger partial charge in [0.25, 0.3) is 19.5 Å². The third-order valence-electron chi connectivity index (χ3n) is 10.8. The molecule has 0 aromatic carbocycles. The van der Waals surface area contributed by atoms with Crippen LogP contribution in [-0.2, 0) is 14.4 Å². The Morgan fingerprint density at radius 2 is 0.957 bits per heavy atom. The van der Waals surface area contributed by atoms with Gasteiger partial charge in [-0.3, -0.25) is 14.4 Å². The van der Waals surface area contributed by atoms with Crippen LogP contribution in [0.2, 0.25) is 0 Å². The summed E-state index contributed by atoms with van der Waals surface area (Å²) >= 11 is 0. The van der Waals surface area contributed by atoms with E-state index < -0.39 is 151 Å². The average Bonchev–Trinajstić information content (AvgIpc) is 0.769. The van der Waals surface area contributed by atoms with Gasteiger partial charge in [-0.1, -0.05) is 20.7 Å². The molecule has 6 aromatic heterocycles. The highest BCUT2D eigenvalue weighted by molar-refractivity contribution is 5.89. The van der Waals surface area contributed by atoms with Crippen LogP contribution in [-0.4, -0.2) is 175 Å². The van der Waals surface area contributed by atoms with Crippen LogP contribution in [0.4, 0.5) is 17.5 Å². The van der Waals surface area contributed by atoms with E-state index in [1.54, 1.807) is 19.2 Å². The zero-order valence-electron chi connectivity index (χ0n) is 64.0. The Bertz CT molecular complexity index is 4050. The van der Waals surface area contributed by atoms with E-state index in [4.69, 9.17) is 56.7 Å². The van der Waals surface area contributed by atoms with Gasteiger partial charge in [0.1, 0.15) is 65.6 Å². The molecule has 0 bridgehead atoms. The Balaban J connectivity index is 0.000000203.